The monoisotopic (exact) mass is 236 g/mol. The van der Waals surface area contributed by atoms with Gasteiger partial charge in [-0.05, 0) is 42.7 Å². The fourth-order valence-electron chi connectivity index (χ4n) is 2.54. The van der Waals surface area contributed by atoms with Crippen LogP contribution < -0.4 is 0 Å². The Bertz CT molecular complexity index is 426. The zero-order valence-electron chi connectivity index (χ0n) is 10.6. The third-order valence-electron chi connectivity index (χ3n) is 3.60. The van der Waals surface area contributed by atoms with Gasteiger partial charge in [-0.25, -0.2) is 0 Å². The first-order valence-corrected chi connectivity index (χ1v) is 6.90. The van der Waals surface area contributed by atoms with Crippen LogP contribution in [0.2, 0.25) is 0 Å². The number of ketones is 1. The van der Waals surface area contributed by atoms with E-state index in [0.29, 0.717) is 17.6 Å². The van der Waals surface area contributed by atoms with Crippen LogP contribution in [0.1, 0.15) is 59.3 Å². The smallest absolute Gasteiger partial charge is 0.172 e. The molecule has 0 radical (unpaired) electrons. The molecule has 1 nitrogen and oxygen atoms in total. The molecule has 0 aliphatic heterocycles. The van der Waals surface area contributed by atoms with Gasteiger partial charge in [-0.2, -0.15) is 0 Å². The first-order chi connectivity index (χ1) is 7.44. The van der Waals surface area contributed by atoms with E-state index < -0.39 is 0 Å². The van der Waals surface area contributed by atoms with E-state index in [1.807, 2.05) is 6.92 Å². The quantitative estimate of drug-likeness (QED) is 0.705. The number of hydrogen-bond acceptors (Lipinski definition) is 2. The van der Waals surface area contributed by atoms with Crippen molar-refractivity contribution in [2.24, 2.45) is 5.41 Å². The molecule has 0 unspecified atom stereocenters. The lowest BCUT2D eigenvalue weighted by molar-refractivity contribution is 0.0990. The van der Waals surface area contributed by atoms with Gasteiger partial charge in [0, 0.05) is 11.3 Å². The molecule has 1 heterocycles. The van der Waals surface area contributed by atoms with Crippen molar-refractivity contribution < 1.29 is 4.79 Å². The van der Waals surface area contributed by atoms with Gasteiger partial charge in [-0.15, -0.1) is 11.3 Å². The van der Waals surface area contributed by atoms with E-state index in [0.717, 1.165) is 17.7 Å². The van der Waals surface area contributed by atoms with Gasteiger partial charge in [0.1, 0.15) is 0 Å². The molecule has 1 aliphatic rings. The summed E-state index contributed by atoms with van der Waals surface area (Å²) in [5.74, 6) is 0.328. The fourth-order valence-corrected chi connectivity index (χ4v) is 3.77. The van der Waals surface area contributed by atoms with Gasteiger partial charge in [0.05, 0.1) is 4.88 Å². The van der Waals surface area contributed by atoms with E-state index >= 15 is 0 Å². The molecule has 88 valence electrons. The first-order valence-electron chi connectivity index (χ1n) is 6.09. The highest BCUT2D eigenvalue weighted by Gasteiger charge is 2.30. The highest BCUT2D eigenvalue weighted by atomic mass is 32.1. The number of Topliss-reactive ketones (excluding diaryl/α,β-unsaturated/α-hetero) is 1. The molecular formula is C14H20OS. The number of fused-ring (bicyclic) bond motifs is 1. The third kappa shape index (κ3) is 1.95. The second-order valence-electron chi connectivity index (χ2n) is 5.56. The molecule has 1 aromatic rings. The molecule has 0 saturated carbocycles. The van der Waals surface area contributed by atoms with Crippen molar-refractivity contribution in [3.63, 3.8) is 0 Å². The molecule has 0 atom stereocenters. The van der Waals surface area contributed by atoms with Crippen molar-refractivity contribution in [3.05, 3.63) is 20.9 Å². The Morgan fingerprint density at radius 3 is 2.69 bits per heavy atom. The summed E-state index contributed by atoms with van der Waals surface area (Å²) >= 11 is 1.71. The Morgan fingerprint density at radius 1 is 1.38 bits per heavy atom. The minimum absolute atomic E-state index is 0.328. The lowest BCUT2D eigenvalue weighted by Gasteiger charge is -2.30. The van der Waals surface area contributed by atoms with Gasteiger partial charge in [0.2, 0.25) is 0 Å². The summed E-state index contributed by atoms with van der Waals surface area (Å²) < 4.78 is 0. The van der Waals surface area contributed by atoms with Gasteiger partial charge in [0.15, 0.2) is 5.78 Å². The molecule has 2 rings (SSSR count). The Kier molecular flexibility index (Phi) is 2.95. The number of carbonyl (C=O) groups excluding carboxylic acids is 1. The van der Waals surface area contributed by atoms with Crippen LogP contribution in [0, 0.1) is 12.3 Å². The van der Waals surface area contributed by atoms with Crippen LogP contribution in [0.4, 0.5) is 0 Å². The van der Waals surface area contributed by atoms with E-state index in [1.54, 1.807) is 11.3 Å². The molecule has 0 aromatic carbocycles. The molecule has 16 heavy (non-hydrogen) atoms. The average Bonchev–Trinajstić information content (AvgIpc) is 2.53. The van der Waals surface area contributed by atoms with Crippen LogP contribution >= 0.6 is 11.3 Å². The lowest BCUT2D eigenvalue weighted by Crippen LogP contribution is -2.22. The zero-order chi connectivity index (χ0) is 11.9. The average molecular weight is 236 g/mol. The van der Waals surface area contributed by atoms with Crippen molar-refractivity contribution in [3.8, 4) is 0 Å². The fraction of sp³-hybridized carbons (Fsp3) is 0.643. The van der Waals surface area contributed by atoms with Crippen LogP contribution in [0.5, 0.6) is 0 Å². The number of hydrogen-bond donors (Lipinski definition) is 0. The molecule has 0 spiro atoms. The van der Waals surface area contributed by atoms with Crippen LogP contribution in [-0.2, 0) is 12.8 Å². The Balaban J connectivity index is 2.44. The highest BCUT2D eigenvalue weighted by Crippen LogP contribution is 2.41. The van der Waals surface area contributed by atoms with Crippen LogP contribution in [0.3, 0.4) is 0 Å². The summed E-state index contributed by atoms with van der Waals surface area (Å²) in [6.07, 6.45) is 4.07. The van der Waals surface area contributed by atoms with Crippen LogP contribution in [0.25, 0.3) is 0 Å². The number of aryl methyl sites for hydroxylation is 1. The summed E-state index contributed by atoms with van der Waals surface area (Å²) in [5.41, 5.74) is 3.25. The normalized spacial score (nSPS) is 18.2. The van der Waals surface area contributed by atoms with Gasteiger partial charge >= 0.3 is 0 Å². The van der Waals surface area contributed by atoms with E-state index in [9.17, 15) is 4.79 Å². The molecule has 0 saturated heterocycles. The maximum absolute atomic E-state index is 11.9. The van der Waals surface area contributed by atoms with Gasteiger partial charge in [-0.3, -0.25) is 4.79 Å². The SMILES string of the molecule is CCC(=O)c1sc(C)c2c1CCC(C)(C)C2. The molecule has 0 N–H and O–H groups in total. The third-order valence-corrected chi connectivity index (χ3v) is 4.83. The molecule has 1 aromatic heterocycles. The summed E-state index contributed by atoms with van der Waals surface area (Å²) in [5, 5.41) is 0. The van der Waals surface area contributed by atoms with Crippen molar-refractivity contribution in [2.45, 2.75) is 53.4 Å². The van der Waals surface area contributed by atoms with Gasteiger partial charge in [0.25, 0.3) is 0 Å². The summed E-state index contributed by atoms with van der Waals surface area (Å²) in [4.78, 5) is 14.3. The topological polar surface area (TPSA) is 17.1 Å². The maximum Gasteiger partial charge on any atom is 0.172 e. The van der Waals surface area contributed by atoms with Crippen molar-refractivity contribution in [1.29, 1.82) is 0 Å². The van der Waals surface area contributed by atoms with Gasteiger partial charge < -0.3 is 0 Å². The standard InChI is InChI=1S/C14H20OS/c1-5-12(15)13-10-6-7-14(3,4)8-11(10)9(2)16-13/h5-8H2,1-4H3. The summed E-state index contributed by atoms with van der Waals surface area (Å²) in [6.45, 7) is 8.77. The molecule has 0 amide bonds. The van der Waals surface area contributed by atoms with E-state index in [4.69, 9.17) is 0 Å². The molecule has 0 fully saturated rings. The molecular weight excluding hydrogens is 216 g/mol. The zero-order valence-corrected chi connectivity index (χ0v) is 11.5. The maximum atomic E-state index is 11.9. The predicted molar refractivity (Wildman–Crippen MR) is 69.5 cm³/mol. The first kappa shape index (κ1) is 11.8. The van der Waals surface area contributed by atoms with E-state index in [2.05, 4.69) is 20.8 Å². The number of rotatable bonds is 2. The minimum atomic E-state index is 0.328. The lowest BCUT2D eigenvalue weighted by atomic mass is 9.74. The Hall–Kier alpha value is -0.630. The van der Waals surface area contributed by atoms with E-state index in [1.165, 1.54) is 22.4 Å². The largest absolute Gasteiger partial charge is 0.293 e. The second kappa shape index (κ2) is 3.99. The van der Waals surface area contributed by atoms with E-state index in [-0.39, 0.29) is 0 Å². The molecule has 2 heteroatoms. The minimum Gasteiger partial charge on any atom is -0.293 e. The molecule has 1 aliphatic carbocycles. The Labute approximate surface area is 102 Å². The number of thiophene rings is 1. The van der Waals surface area contributed by atoms with Crippen LogP contribution in [0.15, 0.2) is 0 Å². The summed E-state index contributed by atoms with van der Waals surface area (Å²) in [7, 11) is 0. The summed E-state index contributed by atoms with van der Waals surface area (Å²) in [6, 6.07) is 0. The predicted octanol–water partition coefficient (Wildman–Crippen LogP) is 4.16. The number of carbonyl (C=O) groups is 1. The van der Waals surface area contributed by atoms with Crippen molar-refractivity contribution >= 4 is 17.1 Å². The molecule has 0 bridgehead atoms. The Morgan fingerprint density at radius 2 is 2.06 bits per heavy atom. The van der Waals surface area contributed by atoms with Crippen LogP contribution in [-0.4, -0.2) is 5.78 Å². The van der Waals surface area contributed by atoms with Gasteiger partial charge in [-0.1, -0.05) is 20.8 Å². The van der Waals surface area contributed by atoms with Crippen molar-refractivity contribution in [1.82, 2.24) is 0 Å². The highest BCUT2D eigenvalue weighted by molar-refractivity contribution is 7.14. The van der Waals surface area contributed by atoms with Crippen molar-refractivity contribution in [2.75, 3.05) is 0 Å². The second-order valence-corrected chi connectivity index (χ2v) is 6.79.